The highest BCUT2D eigenvalue weighted by atomic mass is 16.8. The van der Waals surface area contributed by atoms with Gasteiger partial charge in [-0.05, 0) is 26.2 Å². The van der Waals surface area contributed by atoms with E-state index in [4.69, 9.17) is 28.4 Å². The predicted octanol–water partition coefficient (Wildman–Crippen LogP) is -3.38. The topological polar surface area (TPSA) is 289 Å². The molecule has 44 heavy (non-hydrogen) atoms. The third-order valence-corrected chi connectivity index (χ3v) is 7.33. The SMILES string of the molecule is CC(C)(C)O[C@H]1C(C(=O)O)O[C@H](O[C@H]2C(C(=O)O)O[C@H](O[C@H]3C(C(=O)O)O[C@H](C(C)(C)C)[C@H](O)C3O)[C@H](O)C2O)[C@H](O)C1O. The first kappa shape index (κ1) is 36.4. The van der Waals surface area contributed by atoms with E-state index in [1.54, 1.807) is 41.5 Å². The number of hydrogen-bond acceptors (Lipinski definition) is 15. The summed E-state index contributed by atoms with van der Waals surface area (Å²) in [6.07, 6.45) is -29.0. The summed E-state index contributed by atoms with van der Waals surface area (Å²) in [5, 5.41) is 93.5. The average molecular weight is 643 g/mol. The van der Waals surface area contributed by atoms with Crippen molar-refractivity contribution < 1.29 is 88.8 Å². The molecule has 3 aliphatic rings. The minimum atomic E-state index is -2.23. The van der Waals surface area contributed by atoms with Gasteiger partial charge in [0.05, 0.1) is 11.7 Å². The molecule has 254 valence electrons. The van der Waals surface area contributed by atoms with E-state index in [1.807, 2.05) is 0 Å². The van der Waals surface area contributed by atoms with Crippen LogP contribution in [0.2, 0.25) is 0 Å². The lowest BCUT2D eigenvalue weighted by Crippen LogP contribution is -2.68. The lowest BCUT2D eigenvalue weighted by molar-refractivity contribution is -0.367. The van der Waals surface area contributed by atoms with Crippen LogP contribution in [0, 0.1) is 5.41 Å². The summed E-state index contributed by atoms with van der Waals surface area (Å²) in [5.74, 6) is -5.06. The molecule has 3 heterocycles. The molecule has 0 bridgehead atoms. The Hall–Kier alpha value is -2.07. The van der Waals surface area contributed by atoms with Crippen molar-refractivity contribution in [3.8, 4) is 0 Å². The number of ether oxygens (including phenoxy) is 6. The predicted molar refractivity (Wildman–Crippen MR) is 139 cm³/mol. The van der Waals surface area contributed by atoms with Crippen LogP contribution in [-0.2, 0) is 42.8 Å². The van der Waals surface area contributed by atoms with Gasteiger partial charge in [-0.3, -0.25) is 0 Å². The fourth-order valence-corrected chi connectivity index (χ4v) is 5.23. The molecule has 18 heteroatoms. The zero-order valence-corrected chi connectivity index (χ0v) is 24.9. The van der Waals surface area contributed by atoms with Crippen molar-refractivity contribution in [2.75, 3.05) is 0 Å². The van der Waals surface area contributed by atoms with Crippen LogP contribution >= 0.6 is 0 Å². The Bertz CT molecular complexity index is 1040. The van der Waals surface area contributed by atoms with E-state index >= 15 is 0 Å². The van der Waals surface area contributed by atoms with Crippen molar-refractivity contribution in [3.63, 3.8) is 0 Å². The second-order valence-corrected chi connectivity index (χ2v) is 13.0. The lowest BCUT2D eigenvalue weighted by Gasteiger charge is -2.49. The third-order valence-electron chi connectivity index (χ3n) is 7.33. The summed E-state index contributed by atoms with van der Waals surface area (Å²) in [6, 6.07) is 0. The first-order valence-electron chi connectivity index (χ1n) is 13.8. The molecule has 0 aromatic heterocycles. The Morgan fingerprint density at radius 1 is 0.523 bits per heavy atom. The quantitative estimate of drug-likeness (QED) is 0.125. The maximum absolute atomic E-state index is 12.1. The number of carbonyl (C=O) groups is 3. The first-order valence-corrected chi connectivity index (χ1v) is 13.8. The molecule has 3 saturated heterocycles. The second-order valence-electron chi connectivity index (χ2n) is 13.0. The number of hydrogen-bond donors (Lipinski definition) is 9. The zero-order chi connectivity index (χ0) is 33.6. The fraction of sp³-hybridized carbons (Fsp3) is 0.885. The zero-order valence-electron chi connectivity index (χ0n) is 24.9. The molecule has 0 saturated carbocycles. The molecule has 15 atom stereocenters. The molecule has 9 N–H and O–H groups in total. The van der Waals surface area contributed by atoms with Crippen molar-refractivity contribution in [2.24, 2.45) is 5.41 Å². The van der Waals surface area contributed by atoms with E-state index in [-0.39, 0.29) is 0 Å². The molecule has 3 aliphatic heterocycles. The van der Waals surface area contributed by atoms with Gasteiger partial charge in [0.15, 0.2) is 30.9 Å². The van der Waals surface area contributed by atoms with Gasteiger partial charge in [-0.15, -0.1) is 0 Å². The Kier molecular flexibility index (Phi) is 11.0. The van der Waals surface area contributed by atoms with Gasteiger partial charge in [-0.25, -0.2) is 14.4 Å². The Balaban J connectivity index is 1.83. The highest BCUT2D eigenvalue weighted by Crippen LogP contribution is 2.37. The van der Waals surface area contributed by atoms with Crippen LogP contribution in [0.25, 0.3) is 0 Å². The maximum atomic E-state index is 12.1. The van der Waals surface area contributed by atoms with Gasteiger partial charge in [0.2, 0.25) is 0 Å². The molecular formula is C26H42O18. The monoisotopic (exact) mass is 642 g/mol. The summed E-state index contributed by atoms with van der Waals surface area (Å²) < 4.78 is 32.4. The van der Waals surface area contributed by atoms with E-state index in [1.165, 1.54) is 0 Å². The van der Waals surface area contributed by atoms with Crippen molar-refractivity contribution in [3.05, 3.63) is 0 Å². The van der Waals surface area contributed by atoms with E-state index in [0.717, 1.165) is 0 Å². The molecular weight excluding hydrogens is 600 g/mol. The largest absolute Gasteiger partial charge is 0.479 e. The van der Waals surface area contributed by atoms with Crippen molar-refractivity contribution in [1.29, 1.82) is 0 Å². The smallest absolute Gasteiger partial charge is 0.335 e. The van der Waals surface area contributed by atoms with E-state index < -0.39 is 121 Å². The Morgan fingerprint density at radius 3 is 1.23 bits per heavy atom. The molecule has 0 aromatic rings. The van der Waals surface area contributed by atoms with E-state index in [9.17, 15) is 60.3 Å². The van der Waals surface area contributed by atoms with Crippen molar-refractivity contribution >= 4 is 17.9 Å². The maximum Gasteiger partial charge on any atom is 0.335 e. The standard InChI is InChI=1S/C26H42O18/c1-25(2,3)19-10(30)7(27)13(16(39-19)20(33)34)40-23-11(31)8(28)14(17(42-23)21(35)36)41-24-12(32)9(29)15(44-26(4,5)6)18(43-24)22(37)38/h7-19,23-24,27-32H,1-6H3,(H,33,34)(H,35,36)(H,37,38)/t7?,8?,9?,10-,11-,12-,13-,14-,15-,16?,17?,18?,19+,23+,24+/m1/s1. The molecule has 18 nitrogen and oxygen atoms in total. The summed E-state index contributed by atoms with van der Waals surface area (Å²) >= 11 is 0. The fourth-order valence-electron chi connectivity index (χ4n) is 5.23. The molecule has 3 rings (SSSR count). The minimum Gasteiger partial charge on any atom is -0.479 e. The lowest BCUT2D eigenvalue weighted by atomic mass is 9.80. The summed E-state index contributed by atoms with van der Waals surface area (Å²) in [6.45, 7) is 9.54. The normalized spacial score (nSPS) is 43.8. The number of aliphatic carboxylic acids is 3. The molecule has 0 radical (unpaired) electrons. The summed E-state index contributed by atoms with van der Waals surface area (Å²) in [4.78, 5) is 36.0. The summed E-state index contributed by atoms with van der Waals surface area (Å²) in [5.41, 5.74) is -1.83. The minimum absolute atomic E-state index is 0.840. The van der Waals surface area contributed by atoms with Crippen LogP contribution in [0.3, 0.4) is 0 Å². The number of carboxylic acids is 3. The van der Waals surface area contributed by atoms with Crippen LogP contribution in [0.15, 0.2) is 0 Å². The van der Waals surface area contributed by atoms with E-state index in [2.05, 4.69) is 0 Å². The number of aliphatic hydroxyl groups excluding tert-OH is 6. The molecule has 0 aromatic carbocycles. The van der Waals surface area contributed by atoms with Crippen LogP contribution in [-0.4, -0.2) is 161 Å². The van der Waals surface area contributed by atoms with Crippen LogP contribution in [0.1, 0.15) is 41.5 Å². The number of carboxylic acid groups (broad SMARTS) is 3. The van der Waals surface area contributed by atoms with Gasteiger partial charge >= 0.3 is 17.9 Å². The number of rotatable bonds is 8. The summed E-state index contributed by atoms with van der Waals surface area (Å²) in [7, 11) is 0. The highest BCUT2D eigenvalue weighted by molar-refractivity contribution is 5.74. The van der Waals surface area contributed by atoms with Gasteiger partial charge in [-0.2, -0.15) is 0 Å². The Morgan fingerprint density at radius 2 is 0.864 bits per heavy atom. The van der Waals surface area contributed by atoms with Crippen molar-refractivity contribution in [2.45, 2.75) is 139 Å². The molecule has 0 amide bonds. The van der Waals surface area contributed by atoms with Gasteiger partial charge in [0, 0.05) is 0 Å². The Labute approximate surface area is 251 Å². The van der Waals surface area contributed by atoms with Crippen molar-refractivity contribution in [1.82, 2.24) is 0 Å². The van der Waals surface area contributed by atoms with Gasteiger partial charge < -0.3 is 74.4 Å². The third kappa shape index (κ3) is 7.65. The van der Waals surface area contributed by atoms with E-state index in [0.29, 0.717) is 0 Å². The number of aliphatic hydroxyl groups is 6. The van der Waals surface area contributed by atoms with Crippen LogP contribution in [0.5, 0.6) is 0 Å². The first-order chi connectivity index (χ1) is 20.1. The van der Waals surface area contributed by atoms with Crippen LogP contribution < -0.4 is 0 Å². The van der Waals surface area contributed by atoms with Gasteiger partial charge in [0.1, 0.15) is 54.9 Å². The van der Waals surface area contributed by atoms with Crippen LogP contribution in [0.4, 0.5) is 0 Å². The molecule has 3 fully saturated rings. The van der Waals surface area contributed by atoms with Gasteiger partial charge in [-0.1, -0.05) is 20.8 Å². The highest BCUT2D eigenvalue weighted by Gasteiger charge is 2.57. The molecule has 6 unspecified atom stereocenters. The van der Waals surface area contributed by atoms with Gasteiger partial charge in [0.25, 0.3) is 0 Å². The second kappa shape index (κ2) is 13.3. The molecule has 0 aliphatic carbocycles. The molecule has 0 spiro atoms. The average Bonchev–Trinajstić information content (AvgIpc) is 2.88.